The minimum Gasteiger partial charge on any atom is -0.493 e. The van der Waals surface area contributed by atoms with Gasteiger partial charge in [0.1, 0.15) is 5.75 Å². The highest BCUT2D eigenvalue weighted by Crippen LogP contribution is 2.35. The maximum Gasteiger partial charge on any atom is 0.245 e. The Morgan fingerprint density at radius 3 is 2.96 bits per heavy atom. The molecule has 2 aliphatic rings. The van der Waals surface area contributed by atoms with Crippen LogP contribution < -0.4 is 10.1 Å². The van der Waals surface area contributed by atoms with E-state index in [1.807, 2.05) is 24.3 Å². The summed E-state index contributed by atoms with van der Waals surface area (Å²) in [5.74, 6) is 0.0915. The second-order valence-electron chi connectivity index (χ2n) is 6.61. The van der Waals surface area contributed by atoms with Crippen molar-refractivity contribution in [1.29, 1.82) is 0 Å². The number of para-hydroxylation sites is 1. The van der Waals surface area contributed by atoms with Gasteiger partial charge in [-0.2, -0.15) is 0 Å². The fourth-order valence-corrected chi connectivity index (χ4v) is 3.56. The minimum absolute atomic E-state index is 0.0645. The van der Waals surface area contributed by atoms with E-state index in [0.717, 1.165) is 24.2 Å². The van der Waals surface area contributed by atoms with Gasteiger partial charge in [0, 0.05) is 24.6 Å². The van der Waals surface area contributed by atoms with Crippen LogP contribution in [0.25, 0.3) is 0 Å². The van der Waals surface area contributed by atoms with Gasteiger partial charge in [-0.05, 0) is 25.0 Å². The standard InChI is InChI=1S/C19H24N2O4/c1-2-17(23)21-9-5-6-13(10-21)19(24)20-18-14(11-22)12-25-16-8-4-3-7-15(16)18/h2-4,7-8,13-14,18,22H,1,5-6,9-12H2,(H,20,24)/t13?,14-,18-/m1/s1. The maximum absolute atomic E-state index is 12.8. The predicted octanol–water partition coefficient (Wildman–Crippen LogP) is 1.27. The molecule has 1 fully saturated rings. The Balaban J connectivity index is 1.73. The van der Waals surface area contributed by atoms with Gasteiger partial charge in [0.15, 0.2) is 0 Å². The zero-order chi connectivity index (χ0) is 17.8. The molecule has 1 saturated heterocycles. The number of ether oxygens (including phenoxy) is 1. The molecule has 0 aromatic heterocycles. The van der Waals surface area contributed by atoms with E-state index in [1.165, 1.54) is 6.08 Å². The second-order valence-corrected chi connectivity index (χ2v) is 6.61. The van der Waals surface area contributed by atoms with Gasteiger partial charge in [-0.25, -0.2) is 0 Å². The number of amides is 2. The summed E-state index contributed by atoms with van der Waals surface area (Å²) >= 11 is 0. The van der Waals surface area contributed by atoms with Crippen molar-refractivity contribution in [2.45, 2.75) is 18.9 Å². The molecule has 6 nitrogen and oxygen atoms in total. The lowest BCUT2D eigenvalue weighted by Crippen LogP contribution is -2.48. The van der Waals surface area contributed by atoms with Gasteiger partial charge in [-0.1, -0.05) is 24.8 Å². The molecule has 0 aliphatic carbocycles. The third kappa shape index (κ3) is 3.69. The normalized spacial score (nSPS) is 25.5. The second kappa shape index (κ2) is 7.70. The molecular weight excluding hydrogens is 320 g/mol. The molecule has 1 unspecified atom stereocenters. The van der Waals surface area contributed by atoms with Gasteiger partial charge in [0.25, 0.3) is 0 Å². The fourth-order valence-electron chi connectivity index (χ4n) is 3.56. The van der Waals surface area contributed by atoms with Gasteiger partial charge in [0.05, 0.1) is 25.2 Å². The molecule has 0 spiro atoms. The summed E-state index contributed by atoms with van der Waals surface area (Å²) in [5, 5.41) is 12.7. The SMILES string of the molecule is C=CC(=O)N1CCCC(C(=O)N[C@H]2c3ccccc3OC[C@H]2CO)C1. The number of aliphatic hydroxyl groups excluding tert-OH is 1. The molecule has 1 aromatic rings. The third-order valence-corrected chi connectivity index (χ3v) is 4.99. The lowest BCUT2D eigenvalue weighted by Gasteiger charge is -2.36. The largest absolute Gasteiger partial charge is 0.493 e. The van der Waals surface area contributed by atoms with Crippen LogP contribution in [0.4, 0.5) is 0 Å². The smallest absolute Gasteiger partial charge is 0.245 e. The van der Waals surface area contributed by atoms with Gasteiger partial charge < -0.3 is 20.1 Å². The van der Waals surface area contributed by atoms with E-state index in [4.69, 9.17) is 4.74 Å². The molecule has 0 bridgehead atoms. The Morgan fingerprint density at radius 1 is 1.40 bits per heavy atom. The number of hydrogen-bond donors (Lipinski definition) is 2. The van der Waals surface area contributed by atoms with Crippen LogP contribution in [0.2, 0.25) is 0 Å². The number of aliphatic hydroxyl groups is 1. The highest BCUT2D eigenvalue weighted by atomic mass is 16.5. The molecule has 2 amide bonds. The van der Waals surface area contributed by atoms with Crippen LogP contribution in [0, 0.1) is 11.8 Å². The number of nitrogens with one attached hydrogen (secondary N) is 1. The Bertz CT molecular complexity index is 661. The van der Waals surface area contributed by atoms with Crippen LogP contribution >= 0.6 is 0 Å². The fraction of sp³-hybridized carbons (Fsp3) is 0.474. The Morgan fingerprint density at radius 2 is 2.20 bits per heavy atom. The van der Waals surface area contributed by atoms with Crippen molar-refractivity contribution in [3.63, 3.8) is 0 Å². The zero-order valence-corrected chi connectivity index (χ0v) is 14.2. The molecule has 2 heterocycles. The Labute approximate surface area is 147 Å². The van der Waals surface area contributed by atoms with Crippen molar-refractivity contribution in [2.75, 3.05) is 26.3 Å². The summed E-state index contributed by atoms with van der Waals surface area (Å²) in [6, 6.07) is 7.28. The van der Waals surface area contributed by atoms with Crippen LogP contribution in [-0.4, -0.2) is 48.1 Å². The molecule has 0 saturated carbocycles. The molecule has 3 atom stereocenters. The topological polar surface area (TPSA) is 78.9 Å². The van der Waals surface area contributed by atoms with Gasteiger partial charge in [-0.15, -0.1) is 0 Å². The number of hydrogen-bond acceptors (Lipinski definition) is 4. The summed E-state index contributed by atoms with van der Waals surface area (Å²) in [6.07, 6.45) is 2.84. The van der Waals surface area contributed by atoms with Gasteiger partial charge in [0.2, 0.25) is 11.8 Å². The van der Waals surface area contributed by atoms with E-state index in [1.54, 1.807) is 4.90 Å². The Kier molecular flexibility index (Phi) is 5.38. The number of likely N-dealkylation sites (tertiary alicyclic amines) is 1. The van der Waals surface area contributed by atoms with Crippen LogP contribution in [0.3, 0.4) is 0 Å². The number of rotatable bonds is 4. The van der Waals surface area contributed by atoms with Crippen LogP contribution in [0.5, 0.6) is 5.75 Å². The van der Waals surface area contributed by atoms with Gasteiger partial charge >= 0.3 is 0 Å². The number of benzene rings is 1. The van der Waals surface area contributed by atoms with E-state index in [2.05, 4.69) is 11.9 Å². The molecule has 1 aromatic carbocycles. The lowest BCUT2D eigenvalue weighted by molar-refractivity contribution is -0.132. The van der Waals surface area contributed by atoms with Crippen molar-refractivity contribution >= 4 is 11.8 Å². The van der Waals surface area contributed by atoms with Crippen molar-refractivity contribution < 1.29 is 19.4 Å². The maximum atomic E-state index is 12.8. The number of piperidine rings is 1. The molecule has 3 rings (SSSR count). The number of carbonyl (C=O) groups excluding carboxylic acids is 2. The first-order valence-electron chi connectivity index (χ1n) is 8.68. The van der Waals surface area contributed by atoms with Crippen molar-refractivity contribution in [3.05, 3.63) is 42.5 Å². The summed E-state index contributed by atoms with van der Waals surface area (Å²) in [5.41, 5.74) is 0.885. The van der Waals surface area contributed by atoms with Crippen molar-refractivity contribution in [1.82, 2.24) is 10.2 Å². The van der Waals surface area contributed by atoms with E-state index in [9.17, 15) is 14.7 Å². The molecule has 2 aliphatic heterocycles. The minimum atomic E-state index is -0.284. The Hall–Kier alpha value is -2.34. The van der Waals surface area contributed by atoms with Crippen LogP contribution in [0.15, 0.2) is 36.9 Å². The predicted molar refractivity (Wildman–Crippen MR) is 92.9 cm³/mol. The molecule has 2 N–H and O–H groups in total. The van der Waals surface area contributed by atoms with Crippen molar-refractivity contribution in [3.8, 4) is 5.75 Å². The lowest BCUT2D eigenvalue weighted by atomic mass is 9.89. The summed E-state index contributed by atoms with van der Waals surface area (Å²) in [4.78, 5) is 26.3. The number of fused-ring (bicyclic) bond motifs is 1. The summed E-state index contributed by atoms with van der Waals surface area (Å²) < 4.78 is 5.67. The first kappa shape index (κ1) is 17.5. The zero-order valence-electron chi connectivity index (χ0n) is 14.2. The average molecular weight is 344 g/mol. The number of nitrogens with zero attached hydrogens (tertiary/aromatic N) is 1. The highest BCUT2D eigenvalue weighted by molar-refractivity contribution is 5.88. The molecule has 25 heavy (non-hydrogen) atoms. The summed E-state index contributed by atoms with van der Waals surface area (Å²) in [7, 11) is 0. The first-order valence-corrected chi connectivity index (χ1v) is 8.68. The van der Waals surface area contributed by atoms with Crippen molar-refractivity contribution in [2.24, 2.45) is 11.8 Å². The van der Waals surface area contributed by atoms with E-state index in [-0.39, 0.29) is 36.3 Å². The molecular formula is C19H24N2O4. The van der Waals surface area contributed by atoms with E-state index >= 15 is 0 Å². The van der Waals surface area contributed by atoms with E-state index in [0.29, 0.717) is 19.7 Å². The summed E-state index contributed by atoms with van der Waals surface area (Å²) in [6.45, 7) is 4.88. The molecule has 134 valence electrons. The average Bonchev–Trinajstić information content (AvgIpc) is 2.67. The molecule has 6 heteroatoms. The number of carbonyl (C=O) groups is 2. The quantitative estimate of drug-likeness (QED) is 0.806. The van der Waals surface area contributed by atoms with Crippen LogP contribution in [-0.2, 0) is 9.59 Å². The van der Waals surface area contributed by atoms with Crippen LogP contribution in [0.1, 0.15) is 24.4 Å². The highest BCUT2D eigenvalue weighted by Gasteiger charge is 2.34. The third-order valence-electron chi connectivity index (χ3n) is 4.99. The van der Waals surface area contributed by atoms with E-state index < -0.39 is 0 Å². The molecule has 0 radical (unpaired) electrons. The first-order chi connectivity index (χ1) is 12.1. The monoisotopic (exact) mass is 344 g/mol. The van der Waals surface area contributed by atoms with Gasteiger partial charge in [-0.3, -0.25) is 9.59 Å².